The van der Waals surface area contributed by atoms with Crippen molar-refractivity contribution in [2.24, 2.45) is 0 Å². The highest BCUT2D eigenvalue weighted by Gasteiger charge is 2.16. The van der Waals surface area contributed by atoms with Crippen LogP contribution in [0.5, 0.6) is 0 Å². The van der Waals surface area contributed by atoms with Gasteiger partial charge in [0, 0.05) is 28.6 Å². The Kier molecular flexibility index (Phi) is 7.63. The Balaban J connectivity index is 1.75. The number of ether oxygens (including phenoxy) is 1. The van der Waals surface area contributed by atoms with Crippen molar-refractivity contribution >= 4 is 29.3 Å². The summed E-state index contributed by atoms with van der Waals surface area (Å²) in [5.41, 5.74) is 0.528. The van der Waals surface area contributed by atoms with Crippen LogP contribution in [0.15, 0.2) is 42.5 Å². The summed E-state index contributed by atoms with van der Waals surface area (Å²) in [5, 5.41) is 2.95. The van der Waals surface area contributed by atoms with Gasteiger partial charge in [0.15, 0.2) is 12.4 Å². The maximum Gasteiger partial charge on any atom is 0.306 e. The molecule has 0 bridgehead atoms. The zero-order valence-corrected chi connectivity index (χ0v) is 15.8. The second kappa shape index (κ2) is 9.94. The van der Waals surface area contributed by atoms with Gasteiger partial charge in [-0.05, 0) is 37.3 Å². The third kappa shape index (κ3) is 6.42. The number of esters is 1. The summed E-state index contributed by atoms with van der Waals surface area (Å²) in [6.07, 6.45) is -0.254. The minimum Gasteiger partial charge on any atom is -0.456 e. The third-order valence-electron chi connectivity index (χ3n) is 3.89. The molecule has 0 saturated carbocycles. The van der Waals surface area contributed by atoms with E-state index in [4.69, 9.17) is 16.3 Å². The zero-order valence-electron chi connectivity index (χ0n) is 15.0. The number of hydrogen-bond acceptors (Lipinski definition) is 4. The lowest BCUT2D eigenvalue weighted by molar-refractivity contribution is -0.148. The predicted molar refractivity (Wildman–Crippen MR) is 98.9 cm³/mol. The van der Waals surface area contributed by atoms with Crippen LogP contribution in [0.1, 0.15) is 41.7 Å². The van der Waals surface area contributed by atoms with Crippen LogP contribution in [-0.2, 0) is 14.3 Å². The number of Topliss-reactive ketones (excluding diaryl/α,β-unsaturated/α-hetero) is 1. The van der Waals surface area contributed by atoms with E-state index in [9.17, 15) is 23.2 Å². The van der Waals surface area contributed by atoms with E-state index in [1.807, 2.05) is 0 Å². The molecule has 1 N–H and O–H groups in total. The van der Waals surface area contributed by atoms with Crippen molar-refractivity contribution in [1.82, 2.24) is 5.32 Å². The maximum atomic E-state index is 13.7. The number of hydrogen-bond donors (Lipinski definition) is 1. The Morgan fingerprint density at radius 1 is 1.07 bits per heavy atom. The minimum absolute atomic E-state index is 0.0702. The Morgan fingerprint density at radius 2 is 1.75 bits per heavy atom. The largest absolute Gasteiger partial charge is 0.456 e. The van der Waals surface area contributed by atoms with Gasteiger partial charge in [-0.2, -0.15) is 0 Å². The highest BCUT2D eigenvalue weighted by molar-refractivity contribution is 6.30. The Morgan fingerprint density at radius 3 is 2.39 bits per heavy atom. The topological polar surface area (TPSA) is 72.5 Å². The lowest BCUT2D eigenvalue weighted by Gasteiger charge is -2.15. The minimum atomic E-state index is -0.787. The van der Waals surface area contributed by atoms with Crippen molar-refractivity contribution in [1.29, 1.82) is 0 Å². The number of carbonyl (C=O) groups is 3. The molecule has 8 heteroatoms. The van der Waals surface area contributed by atoms with Crippen LogP contribution < -0.4 is 5.32 Å². The van der Waals surface area contributed by atoms with Gasteiger partial charge in [0.25, 0.3) is 5.91 Å². The van der Waals surface area contributed by atoms with Crippen LogP contribution >= 0.6 is 11.6 Å². The number of carbonyl (C=O) groups excluding carboxylic acids is 3. The van der Waals surface area contributed by atoms with Gasteiger partial charge in [-0.25, -0.2) is 8.78 Å². The maximum absolute atomic E-state index is 13.7. The van der Waals surface area contributed by atoms with Crippen molar-refractivity contribution in [2.75, 3.05) is 6.61 Å². The molecule has 0 aliphatic rings. The van der Waals surface area contributed by atoms with Gasteiger partial charge >= 0.3 is 5.97 Å². The molecule has 0 fully saturated rings. The van der Waals surface area contributed by atoms with Crippen LogP contribution in [0.3, 0.4) is 0 Å². The van der Waals surface area contributed by atoms with Crippen LogP contribution in [-0.4, -0.2) is 24.3 Å². The van der Waals surface area contributed by atoms with Gasteiger partial charge in [0.1, 0.15) is 11.6 Å². The Bertz CT molecular complexity index is 871. The van der Waals surface area contributed by atoms with Gasteiger partial charge in [-0.15, -0.1) is 0 Å². The molecule has 0 aliphatic heterocycles. The van der Waals surface area contributed by atoms with Gasteiger partial charge in [0.2, 0.25) is 0 Å². The fraction of sp³-hybridized carbons (Fsp3) is 0.250. The van der Waals surface area contributed by atoms with Crippen molar-refractivity contribution in [3.8, 4) is 0 Å². The summed E-state index contributed by atoms with van der Waals surface area (Å²) in [7, 11) is 0. The summed E-state index contributed by atoms with van der Waals surface area (Å²) < 4.78 is 31.4. The summed E-state index contributed by atoms with van der Waals surface area (Å²) >= 11 is 5.74. The number of nitrogens with one attached hydrogen (secondary N) is 1. The van der Waals surface area contributed by atoms with E-state index in [2.05, 4.69) is 5.32 Å². The Hall–Kier alpha value is -2.80. The number of amides is 1. The predicted octanol–water partition coefficient (Wildman–Crippen LogP) is 4.00. The molecule has 0 heterocycles. The molecule has 0 saturated heterocycles. The van der Waals surface area contributed by atoms with E-state index in [1.54, 1.807) is 24.3 Å². The monoisotopic (exact) mass is 409 g/mol. The average molecular weight is 410 g/mol. The first-order chi connectivity index (χ1) is 13.3. The first-order valence-corrected chi connectivity index (χ1v) is 8.82. The van der Waals surface area contributed by atoms with Crippen LogP contribution in [0.4, 0.5) is 8.78 Å². The zero-order chi connectivity index (χ0) is 20.7. The van der Waals surface area contributed by atoms with Crippen molar-refractivity contribution < 1.29 is 27.9 Å². The van der Waals surface area contributed by atoms with E-state index in [-0.39, 0.29) is 24.2 Å². The average Bonchev–Trinajstić information content (AvgIpc) is 2.64. The quantitative estimate of drug-likeness (QED) is 0.528. The normalized spacial score (nSPS) is 11.6. The lowest BCUT2D eigenvalue weighted by atomic mass is 10.1. The summed E-state index contributed by atoms with van der Waals surface area (Å²) in [6, 6.07) is 8.54. The first kappa shape index (κ1) is 21.5. The molecule has 5 nitrogen and oxygen atoms in total. The molecular weight excluding hydrogens is 392 g/mol. The van der Waals surface area contributed by atoms with Crippen LogP contribution in [0, 0.1) is 11.6 Å². The van der Waals surface area contributed by atoms with E-state index >= 15 is 0 Å². The van der Waals surface area contributed by atoms with Gasteiger partial charge in [0.05, 0.1) is 12.5 Å². The second-order valence-corrected chi connectivity index (χ2v) is 6.48. The van der Waals surface area contributed by atoms with Crippen LogP contribution in [0.2, 0.25) is 5.02 Å². The van der Waals surface area contributed by atoms with E-state index < -0.39 is 36.2 Å². The first-order valence-electron chi connectivity index (χ1n) is 8.45. The molecule has 1 atom stereocenters. The lowest BCUT2D eigenvalue weighted by Crippen LogP contribution is -2.31. The van der Waals surface area contributed by atoms with Crippen LogP contribution in [0.25, 0.3) is 0 Å². The fourth-order valence-corrected chi connectivity index (χ4v) is 2.55. The van der Waals surface area contributed by atoms with Crippen molar-refractivity contribution in [3.05, 3.63) is 70.2 Å². The van der Waals surface area contributed by atoms with Crippen molar-refractivity contribution in [3.63, 3.8) is 0 Å². The van der Waals surface area contributed by atoms with E-state index in [0.29, 0.717) is 10.6 Å². The van der Waals surface area contributed by atoms with E-state index in [1.165, 1.54) is 13.0 Å². The molecule has 2 aromatic carbocycles. The number of halogens is 3. The highest BCUT2D eigenvalue weighted by Crippen LogP contribution is 2.17. The summed E-state index contributed by atoms with van der Waals surface area (Å²) in [4.78, 5) is 35.5. The highest BCUT2D eigenvalue weighted by atomic mass is 35.5. The number of benzene rings is 2. The van der Waals surface area contributed by atoms with E-state index in [0.717, 1.165) is 12.1 Å². The Labute approximate surface area is 165 Å². The number of ketones is 1. The smallest absolute Gasteiger partial charge is 0.306 e. The van der Waals surface area contributed by atoms with Gasteiger partial charge < -0.3 is 10.1 Å². The summed E-state index contributed by atoms with van der Waals surface area (Å²) in [5.74, 6) is -3.11. The molecule has 0 aliphatic carbocycles. The van der Waals surface area contributed by atoms with Gasteiger partial charge in [-0.3, -0.25) is 14.4 Å². The third-order valence-corrected chi connectivity index (χ3v) is 4.15. The SMILES string of the molecule is C[C@H](NC(=O)COC(=O)CCC(=O)c1ccc(Cl)cc1)c1ccc(F)cc1F. The molecule has 2 aromatic rings. The molecule has 1 amide bonds. The number of rotatable bonds is 8. The van der Waals surface area contributed by atoms with Crippen molar-refractivity contribution in [2.45, 2.75) is 25.8 Å². The molecule has 0 spiro atoms. The molecule has 2 rings (SSSR count). The molecule has 0 unspecified atom stereocenters. The standard InChI is InChI=1S/C20H18ClF2NO4/c1-12(16-7-6-15(22)10-17(16)23)24-19(26)11-28-20(27)9-8-18(25)13-2-4-14(21)5-3-13/h2-7,10,12H,8-9,11H2,1H3,(H,24,26)/t12-/m0/s1. The molecule has 148 valence electrons. The molecule has 28 heavy (non-hydrogen) atoms. The fourth-order valence-electron chi connectivity index (χ4n) is 2.43. The molecular formula is C20H18ClF2NO4. The molecule has 0 aromatic heterocycles. The van der Waals surface area contributed by atoms with Gasteiger partial charge in [-0.1, -0.05) is 17.7 Å². The second-order valence-electron chi connectivity index (χ2n) is 6.05. The molecule has 0 radical (unpaired) electrons. The summed E-state index contributed by atoms with van der Waals surface area (Å²) in [6.45, 7) is 0.946.